The Morgan fingerprint density at radius 2 is 1.93 bits per heavy atom. The van der Waals surface area contributed by atoms with Crippen LogP contribution in [0.25, 0.3) is 10.9 Å². The lowest BCUT2D eigenvalue weighted by atomic mass is 9.75. The smallest absolute Gasteiger partial charge is 0.161 e. The molecule has 1 unspecified atom stereocenters. The molecule has 0 saturated heterocycles. The van der Waals surface area contributed by atoms with E-state index in [2.05, 4.69) is 11.1 Å². The molecule has 0 fully saturated rings. The number of nitrogens with two attached hydrogens (primary N) is 1. The summed E-state index contributed by atoms with van der Waals surface area (Å²) < 4.78 is 0. The molecule has 1 aromatic heterocycles. The van der Waals surface area contributed by atoms with Crippen LogP contribution in [0.3, 0.4) is 0 Å². The van der Waals surface area contributed by atoms with Crippen molar-refractivity contribution >= 4 is 34.0 Å². The molecule has 6 heteroatoms. The van der Waals surface area contributed by atoms with Crippen LogP contribution in [0.1, 0.15) is 30.7 Å². The number of H-pyrrole nitrogens is 1. The number of allylic oxidation sites excluding steroid dienone is 3. The summed E-state index contributed by atoms with van der Waals surface area (Å²) in [5.41, 5.74) is 11.2. The van der Waals surface area contributed by atoms with Crippen molar-refractivity contribution < 1.29 is 4.79 Å². The Morgan fingerprint density at radius 3 is 2.70 bits per heavy atom. The molecule has 3 N–H and O–H groups in total. The maximum absolute atomic E-state index is 13.1. The number of nitrogens with one attached hydrogen (secondary N) is 1. The van der Waals surface area contributed by atoms with Gasteiger partial charge in [0.05, 0.1) is 17.6 Å². The van der Waals surface area contributed by atoms with Gasteiger partial charge in [-0.2, -0.15) is 5.26 Å². The highest BCUT2D eigenvalue weighted by atomic mass is 35.5. The van der Waals surface area contributed by atoms with Crippen LogP contribution >= 0.6 is 11.6 Å². The average Bonchev–Trinajstić information content (AvgIpc) is 3.22. The molecule has 2 aliphatic rings. The normalized spacial score (nSPS) is 19.3. The second kappa shape index (κ2) is 7.08. The Morgan fingerprint density at radius 1 is 1.13 bits per heavy atom. The zero-order chi connectivity index (χ0) is 20.8. The first kappa shape index (κ1) is 18.5. The quantitative estimate of drug-likeness (QED) is 0.608. The molecule has 0 radical (unpaired) electrons. The fourth-order valence-corrected chi connectivity index (χ4v) is 4.68. The third kappa shape index (κ3) is 2.80. The summed E-state index contributed by atoms with van der Waals surface area (Å²) in [5, 5.41) is 11.7. The molecule has 2 aromatic carbocycles. The Hall–Kier alpha value is -3.49. The van der Waals surface area contributed by atoms with Gasteiger partial charge in [0.15, 0.2) is 5.78 Å². The first-order valence-corrected chi connectivity index (χ1v) is 10.2. The minimum Gasteiger partial charge on any atom is -0.384 e. The minimum atomic E-state index is -0.458. The van der Waals surface area contributed by atoms with E-state index in [1.165, 1.54) is 0 Å². The van der Waals surface area contributed by atoms with E-state index in [1.807, 2.05) is 47.5 Å². The standard InChI is InChI=1S/C24H19ClN4O/c25-16-5-7-17(8-6-16)29-20-2-1-3-21(30)23(20)22(18(13-26)24(29)27)15-4-9-19-14(12-15)10-11-28-19/h4-12,22,28H,1-3,27H2. The Kier molecular flexibility index (Phi) is 4.38. The molecule has 1 aliphatic carbocycles. The predicted molar refractivity (Wildman–Crippen MR) is 118 cm³/mol. The van der Waals surface area contributed by atoms with Crippen molar-refractivity contribution in [3.63, 3.8) is 0 Å². The van der Waals surface area contributed by atoms with Gasteiger partial charge in [-0.1, -0.05) is 17.7 Å². The molecule has 3 aromatic rings. The fourth-order valence-electron chi connectivity index (χ4n) is 4.56. The molecule has 1 aliphatic heterocycles. The van der Waals surface area contributed by atoms with Crippen LogP contribution < -0.4 is 10.6 Å². The molecular formula is C24H19ClN4O. The van der Waals surface area contributed by atoms with Crippen molar-refractivity contribution in [2.24, 2.45) is 5.73 Å². The second-order valence-electron chi connectivity index (χ2n) is 7.62. The zero-order valence-electron chi connectivity index (χ0n) is 16.2. The number of nitrogens with zero attached hydrogens (tertiary/aromatic N) is 2. The molecule has 5 rings (SSSR count). The van der Waals surface area contributed by atoms with Gasteiger partial charge in [0, 0.05) is 40.1 Å². The second-order valence-corrected chi connectivity index (χ2v) is 8.05. The van der Waals surface area contributed by atoms with Crippen molar-refractivity contribution in [3.8, 4) is 6.07 Å². The molecule has 0 amide bonds. The largest absolute Gasteiger partial charge is 0.384 e. The number of carbonyl (C=O) groups excluding carboxylic acids is 1. The first-order chi connectivity index (χ1) is 14.6. The Labute approximate surface area is 179 Å². The van der Waals surface area contributed by atoms with Crippen LogP contribution in [0.4, 0.5) is 5.69 Å². The number of benzene rings is 2. The zero-order valence-corrected chi connectivity index (χ0v) is 16.9. The predicted octanol–water partition coefficient (Wildman–Crippen LogP) is 5.13. The van der Waals surface area contributed by atoms with E-state index >= 15 is 0 Å². The molecule has 0 bridgehead atoms. The molecule has 0 saturated carbocycles. The molecular weight excluding hydrogens is 396 g/mol. The van der Waals surface area contributed by atoms with E-state index in [4.69, 9.17) is 17.3 Å². The molecule has 2 heterocycles. The van der Waals surface area contributed by atoms with Gasteiger partial charge in [-0.25, -0.2) is 0 Å². The summed E-state index contributed by atoms with van der Waals surface area (Å²) in [6.07, 6.45) is 3.85. The number of anilines is 1. The maximum atomic E-state index is 13.1. The maximum Gasteiger partial charge on any atom is 0.161 e. The van der Waals surface area contributed by atoms with E-state index in [-0.39, 0.29) is 5.78 Å². The Balaban J connectivity index is 1.75. The molecule has 30 heavy (non-hydrogen) atoms. The SMILES string of the molecule is N#CC1=C(N)N(c2ccc(Cl)cc2)C2=C(C(=O)CCC2)C1c1ccc2[nH]ccc2c1. The lowest BCUT2D eigenvalue weighted by Gasteiger charge is -2.39. The van der Waals surface area contributed by atoms with E-state index in [0.29, 0.717) is 28.4 Å². The number of Topliss-reactive ketones (excluding diaryl/α,β-unsaturated/α-hetero) is 1. The lowest BCUT2D eigenvalue weighted by Crippen LogP contribution is -2.38. The number of aromatic amines is 1. The van der Waals surface area contributed by atoms with Gasteiger partial charge in [-0.15, -0.1) is 0 Å². The van der Waals surface area contributed by atoms with Crippen molar-refractivity contribution in [2.75, 3.05) is 4.90 Å². The molecule has 5 nitrogen and oxygen atoms in total. The van der Waals surface area contributed by atoms with E-state index in [9.17, 15) is 10.1 Å². The van der Waals surface area contributed by atoms with Crippen LogP contribution in [0.15, 0.2) is 77.4 Å². The van der Waals surface area contributed by atoms with Crippen molar-refractivity contribution in [2.45, 2.75) is 25.2 Å². The average molecular weight is 415 g/mol. The monoisotopic (exact) mass is 414 g/mol. The number of hydrogen-bond donors (Lipinski definition) is 2. The fraction of sp³-hybridized carbons (Fsp3) is 0.167. The van der Waals surface area contributed by atoms with Gasteiger partial charge in [-0.3, -0.25) is 9.69 Å². The summed E-state index contributed by atoms with van der Waals surface area (Å²) >= 11 is 6.06. The van der Waals surface area contributed by atoms with Crippen molar-refractivity contribution in [1.82, 2.24) is 4.98 Å². The van der Waals surface area contributed by atoms with Crippen LogP contribution in [0.2, 0.25) is 5.02 Å². The van der Waals surface area contributed by atoms with Crippen LogP contribution in [-0.2, 0) is 4.79 Å². The number of fused-ring (bicyclic) bond motifs is 1. The van der Waals surface area contributed by atoms with Crippen LogP contribution in [-0.4, -0.2) is 10.8 Å². The molecule has 148 valence electrons. The van der Waals surface area contributed by atoms with Crippen molar-refractivity contribution in [3.05, 3.63) is 88.0 Å². The number of hydrogen-bond acceptors (Lipinski definition) is 4. The number of halogens is 1. The summed E-state index contributed by atoms with van der Waals surface area (Å²) in [7, 11) is 0. The number of ketones is 1. The summed E-state index contributed by atoms with van der Waals surface area (Å²) in [5.74, 6) is -0.0114. The first-order valence-electron chi connectivity index (χ1n) is 9.87. The summed E-state index contributed by atoms with van der Waals surface area (Å²) in [6.45, 7) is 0. The highest BCUT2D eigenvalue weighted by molar-refractivity contribution is 6.30. The van der Waals surface area contributed by atoms with E-state index in [0.717, 1.165) is 40.7 Å². The third-order valence-electron chi connectivity index (χ3n) is 5.91. The van der Waals surface area contributed by atoms with E-state index in [1.54, 1.807) is 12.1 Å². The number of nitriles is 1. The lowest BCUT2D eigenvalue weighted by molar-refractivity contribution is -0.116. The highest BCUT2D eigenvalue weighted by Gasteiger charge is 2.40. The topological polar surface area (TPSA) is 85.9 Å². The molecule has 0 spiro atoms. The van der Waals surface area contributed by atoms with Crippen molar-refractivity contribution in [1.29, 1.82) is 5.26 Å². The van der Waals surface area contributed by atoms with Gasteiger partial charge in [0.2, 0.25) is 0 Å². The Bertz CT molecular complexity index is 1280. The van der Waals surface area contributed by atoms with Crippen LogP contribution in [0.5, 0.6) is 0 Å². The van der Waals surface area contributed by atoms with Gasteiger partial charge < -0.3 is 10.7 Å². The van der Waals surface area contributed by atoms with Crippen LogP contribution in [0, 0.1) is 11.3 Å². The third-order valence-corrected chi connectivity index (χ3v) is 6.16. The minimum absolute atomic E-state index is 0.0784. The van der Waals surface area contributed by atoms with Gasteiger partial charge in [0.25, 0.3) is 0 Å². The highest BCUT2D eigenvalue weighted by Crippen LogP contribution is 2.46. The van der Waals surface area contributed by atoms with Gasteiger partial charge in [-0.05, 0) is 66.3 Å². The number of carbonyl (C=O) groups is 1. The van der Waals surface area contributed by atoms with Gasteiger partial charge >= 0.3 is 0 Å². The van der Waals surface area contributed by atoms with E-state index < -0.39 is 5.92 Å². The summed E-state index contributed by atoms with van der Waals surface area (Å²) in [4.78, 5) is 18.2. The van der Waals surface area contributed by atoms with Gasteiger partial charge in [0.1, 0.15) is 5.82 Å². The number of aromatic nitrogens is 1. The number of rotatable bonds is 2. The molecule has 1 atom stereocenters. The summed E-state index contributed by atoms with van der Waals surface area (Å²) in [6, 6.07) is 17.6.